The molecule has 1 aromatic heterocycles. The van der Waals surface area contributed by atoms with E-state index in [0.29, 0.717) is 0 Å². The fourth-order valence-corrected chi connectivity index (χ4v) is 1.66. The van der Waals surface area contributed by atoms with Gasteiger partial charge in [-0.05, 0) is 39.3 Å². The Kier molecular flexibility index (Phi) is 5.49. The van der Waals surface area contributed by atoms with Crippen LogP contribution in [0.5, 0.6) is 0 Å². The first-order valence-corrected chi connectivity index (χ1v) is 5.87. The van der Waals surface area contributed by atoms with Crippen molar-refractivity contribution >= 4 is 0 Å². The third-order valence-corrected chi connectivity index (χ3v) is 2.95. The highest BCUT2D eigenvalue weighted by atomic mass is 16.5. The lowest BCUT2D eigenvalue weighted by Gasteiger charge is -2.06. The van der Waals surface area contributed by atoms with Crippen molar-refractivity contribution in [1.29, 1.82) is 0 Å². The molecule has 4 heteroatoms. The number of methoxy groups -OCH3 is 1. The standard InChI is InChI=1S/C12H23N3O/c1-10-11(2)14-15(12(10)3)8-5-6-13-7-9-16-4/h13H,5-9H2,1-4H3. The van der Waals surface area contributed by atoms with Crippen molar-refractivity contribution in [2.75, 3.05) is 26.8 Å². The van der Waals surface area contributed by atoms with Crippen molar-refractivity contribution in [1.82, 2.24) is 15.1 Å². The van der Waals surface area contributed by atoms with Crippen LogP contribution >= 0.6 is 0 Å². The number of aryl methyl sites for hydroxylation is 2. The lowest BCUT2D eigenvalue weighted by Crippen LogP contribution is -2.21. The summed E-state index contributed by atoms with van der Waals surface area (Å²) < 4.78 is 7.06. The minimum Gasteiger partial charge on any atom is -0.383 e. The maximum atomic E-state index is 4.96. The first kappa shape index (κ1) is 13.2. The van der Waals surface area contributed by atoms with Crippen LogP contribution < -0.4 is 5.32 Å². The Hall–Kier alpha value is -0.870. The zero-order valence-corrected chi connectivity index (χ0v) is 10.8. The van der Waals surface area contributed by atoms with Gasteiger partial charge < -0.3 is 10.1 Å². The Labute approximate surface area is 98.0 Å². The van der Waals surface area contributed by atoms with E-state index in [1.165, 1.54) is 11.3 Å². The lowest BCUT2D eigenvalue weighted by molar-refractivity contribution is 0.199. The number of nitrogens with zero attached hydrogens (tertiary/aromatic N) is 2. The van der Waals surface area contributed by atoms with Crippen molar-refractivity contribution in [3.05, 3.63) is 17.0 Å². The fourth-order valence-electron chi connectivity index (χ4n) is 1.66. The molecule has 0 aliphatic rings. The molecule has 1 N–H and O–H groups in total. The molecule has 0 atom stereocenters. The Bertz CT molecular complexity index is 320. The molecule has 0 spiro atoms. The molecular formula is C12H23N3O. The van der Waals surface area contributed by atoms with Gasteiger partial charge in [0.2, 0.25) is 0 Å². The highest BCUT2D eigenvalue weighted by molar-refractivity contribution is 5.21. The van der Waals surface area contributed by atoms with Crippen molar-refractivity contribution in [3.63, 3.8) is 0 Å². The Morgan fingerprint density at radius 1 is 1.25 bits per heavy atom. The van der Waals surface area contributed by atoms with Gasteiger partial charge >= 0.3 is 0 Å². The van der Waals surface area contributed by atoms with Crippen LogP contribution in [0.2, 0.25) is 0 Å². The Morgan fingerprint density at radius 2 is 2.00 bits per heavy atom. The van der Waals surface area contributed by atoms with Gasteiger partial charge in [0.15, 0.2) is 0 Å². The molecule has 1 rings (SSSR count). The monoisotopic (exact) mass is 225 g/mol. The molecular weight excluding hydrogens is 202 g/mol. The van der Waals surface area contributed by atoms with Crippen LogP contribution in [0, 0.1) is 20.8 Å². The molecule has 16 heavy (non-hydrogen) atoms. The van der Waals surface area contributed by atoms with Crippen molar-refractivity contribution < 1.29 is 4.74 Å². The van der Waals surface area contributed by atoms with E-state index in [2.05, 4.69) is 35.9 Å². The van der Waals surface area contributed by atoms with E-state index >= 15 is 0 Å². The molecule has 0 aliphatic heterocycles. The lowest BCUT2D eigenvalue weighted by atomic mass is 10.2. The molecule has 1 heterocycles. The predicted molar refractivity (Wildman–Crippen MR) is 65.8 cm³/mol. The van der Waals surface area contributed by atoms with E-state index in [1.807, 2.05) is 0 Å². The average Bonchev–Trinajstić information content (AvgIpc) is 2.51. The second-order valence-corrected chi connectivity index (χ2v) is 4.12. The number of aromatic nitrogens is 2. The highest BCUT2D eigenvalue weighted by Crippen LogP contribution is 2.10. The molecule has 0 aliphatic carbocycles. The highest BCUT2D eigenvalue weighted by Gasteiger charge is 2.05. The Balaban J connectivity index is 2.24. The molecule has 0 fully saturated rings. The van der Waals surface area contributed by atoms with Gasteiger partial charge in [-0.2, -0.15) is 5.10 Å². The molecule has 4 nitrogen and oxygen atoms in total. The van der Waals surface area contributed by atoms with Gasteiger partial charge in [-0.25, -0.2) is 0 Å². The quantitative estimate of drug-likeness (QED) is 0.714. The van der Waals surface area contributed by atoms with E-state index in [9.17, 15) is 0 Å². The molecule has 0 unspecified atom stereocenters. The number of nitrogens with one attached hydrogen (secondary N) is 1. The summed E-state index contributed by atoms with van der Waals surface area (Å²) in [5.41, 5.74) is 3.74. The molecule has 1 aromatic rings. The molecule has 0 amide bonds. The molecule has 0 aromatic carbocycles. The zero-order chi connectivity index (χ0) is 12.0. The number of hydrogen-bond acceptors (Lipinski definition) is 3. The first-order chi connectivity index (χ1) is 7.66. The van der Waals surface area contributed by atoms with Gasteiger partial charge in [-0.3, -0.25) is 4.68 Å². The van der Waals surface area contributed by atoms with Crippen molar-refractivity contribution in [2.45, 2.75) is 33.7 Å². The largest absolute Gasteiger partial charge is 0.383 e. The normalized spacial score (nSPS) is 11.0. The van der Waals surface area contributed by atoms with Crippen LogP contribution in [0.15, 0.2) is 0 Å². The summed E-state index contributed by atoms with van der Waals surface area (Å²) in [5.74, 6) is 0. The van der Waals surface area contributed by atoms with Gasteiger partial charge in [-0.15, -0.1) is 0 Å². The van der Waals surface area contributed by atoms with E-state index in [-0.39, 0.29) is 0 Å². The maximum Gasteiger partial charge on any atom is 0.0625 e. The molecule has 0 saturated carbocycles. The third kappa shape index (κ3) is 3.61. The third-order valence-electron chi connectivity index (χ3n) is 2.95. The van der Waals surface area contributed by atoms with Gasteiger partial charge in [0, 0.05) is 25.9 Å². The number of rotatable bonds is 7. The van der Waals surface area contributed by atoms with Crippen LogP contribution in [0.25, 0.3) is 0 Å². The molecule has 92 valence electrons. The predicted octanol–water partition coefficient (Wildman–Crippen LogP) is 1.43. The summed E-state index contributed by atoms with van der Waals surface area (Å²) in [4.78, 5) is 0. The number of ether oxygens (including phenoxy) is 1. The van der Waals surface area contributed by atoms with Gasteiger partial charge in [-0.1, -0.05) is 0 Å². The molecule has 0 saturated heterocycles. The Morgan fingerprint density at radius 3 is 2.56 bits per heavy atom. The average molecular weight is 225 g/mol. The second kappa shape index (κ2) is 6.66. The smallest absolute Gasteiger partial charge is 0.0625 e. The summed E-state index contributed by atoms with van der Waals surface area (Å²) in [7, 11) is 1.72. The fraction of sp³-hybridized carbons (Fsp3) is 0.750. The summed E-state index contributed by atoms with van der Waals surface area (Å²) in [6, 6.07) is 0. The van der Waals surface area contributed by atoms with E-state index in [1.54, 1.807) is 7.11 Å². The van der Waals surface area contributed by atoms with E-state index in [0.717, 1.165) is 38.4 Å². The van der Waals surface area contributed by atoms with Crippen molar-refractivity contribution in [2.24, 2.45) is 0 Å². The van der Waals surface area contributed by atoms with Crippen LogP contribution in [0.4, 0.5) is 0 Å². The maximum absolute atomic E-state index is 4.96. The minimum absolute atomic E-state index is 0.777. The summed E-state index contributed by atoms with van der Waals surface area (Å²) in [6.45, 7) is 10.0. The molecule has 0 bridgehead atoms. The summed E-state index contributed by atoms with van der Waals surface area (Å²) in [5, 5.41) is 7.84. The molecule has 0 radical (unpaired) electrons. The summed E-state index contributed by atoms with van der Waals surface area (Å²) in [6.07, 6.45) is 1.10. The topological polar surface area (TPSA) is 39.1 Å². The van der Waals surface area contributed by atoms with E-state index < -0.39 is 0 Å². The van der Waals surface area contributed by atoms with Crippen LogP contribution in [0.3, 0.4) is 0 Å². The van der Waals surface area contributed by atoms with E-state index in [4.69, 9.17) is 4.74 Å². The van der Waals surface area contributed by atoms with Gasteiger partial charge in [0.05, 0.1) is 12.3 Å². The van der Waals surface area contributed by atoms with Crippen LogP contribution in [-0.4, -0.2) is 36.6 Å². The van der Waals surface area contributed by atoms with Crippen LogP contribution in [-0.2, 0) is 11.3 Å². The minimum atomic E-state index is 0.777. The SMILES string of the molecule is COCCNCCCn1nc(C)c(C)c1C. The number of hydrogen-bond donors (Lipinski definition) is 1. The first-order valence-electron chi connectivity index (χ1n) is 5.87. The van der Waals surface area contributed by atoms with Gasteiger partial charge in [0.1, 0.15) is 0 Å². The summed E-state index contributed by atoms with van der Waals surface area (Å²) >= 11 is 0. The second-order valence-electron chi connectivity index (χ2n) is 4.12. The van der Waals surface area contributed by atoms with Crippen LogP contribution in [0.1, 0.15) is 23.4 Å². The van der Waals surface area contributed by atoms with Crippen molar-refractivity contribution in [3.8, 4) is 0 Å². The zero-order valence-electron chi connectivity index (χ0n) is 10.8. The van der Waals surface area contributed by atoms with Gasteiger partial charge in [0.25, 0.3) is 0 Å².